The molecule has 0 spiro atoms. The highest BCUT2D eigenvalue weighted by atomic mass is 16.7. The number of ether oxygens (including phenoxy) is 3. The van der Waals surface area contributed by atoms with Gasteiger partial charge in [0.25, 0.3) is 5.95 Å². The van der Waals surface area contributed by atoms with E-state index < -0.39 is 5.97 Å². The highest BCUT2D eigenvalue weighted by Gasteiger charge is 2.11. The largest absolute Gasteiger partial charge is 0.469 e. The van der Waals surface area contributed by atoms with Crippen molar-refractivity contribution in [2.75, 3.05) is 20.3 Å². The predicted octanol–water partition coefficient (Wildman–Crippen LogP) is 0.397. The van der Waals surface area contributed by atoms with Crippen LogP contribution in [0.1, 0.15) is 12.8 Å². The third-order valence-corrected chi connectivity index (χ3v) is 1.64. The van der Waals surface area contributed by atoms with Gasteiger partial charge in [0.2, 0.25) is 0 Å². The molecule has 0 aromatic heterocycles. The maximum atomic E-state index is 11.1. The van der Waals surface area contributed by atoms with E-state index in [2.05, 4.69) is 4.74 Å². The molecule has 0 aromatic rings. The van der Waals surface area contributed by atoms with Crippen LogP contribution >= 0.6 is 0 Å². The molecular weight excluding hydrogens is 188 g/mol. The molecule has 0 saturated carbocycles. The van der Waals surface area contributed by atoms with Crippen molar-refractivity contribution >= 4 is 11.8 Å². The Morgan fingerprint density at radius 1 is 1.43 bits per heavy atom. The van der Waals surface area contributed by atoms with Crippen molar-refractivity contribution < 1.29 is 23.8 Å². The summed E-state index contributed by atoms with van der Waals surface area (Å²) in [6, 6.07) is 0. The van der Waals surface area contributed by atoms with E-state index in [1.54, 1.807) is 0 Å². The number of Topliss-reactive ketones (excluding diaryl/α,β-unsaturated/α-hetero) is 1. The van der Waals surface area contributed by atoms with Gasteiger partial charge in [-0.2, -0.15) is 0 Å². The van der Waals surface area contributed by atoms with Crippen molar-refractivity contribution in [3.05, 3.63) is 12.0 Å². The third kappa shape index (κ3) is 3.47. The zero-order valence-electron chi connectivity index (χ0n) is 7.95. The summed E-state index contributed by atoms with van der Waals surface area (Å²) in [5, 5.41) is 0. The highest BCUT2D eigenvalue weighted by molar-refractivity contribution is 5.96. The Hall–Kier alpha value is -1.52. The van der Waals surface area contributed by atoms with Crippen LogP contribution in [0.3, 0.4) is 0 Å². The van der Waals surface area contributed by atoms with E-state index in [9.17, 15) is 9.59 Å². The molecule has 5 heteroatoms. The molecule has 0 amide bonds. The molecule has 1 rings (SSSR count). The smallest absolute Gasteiger partial charge is 0.313 e. The van der Waals surface area contributed by atoms with Crippen LogP contribution in [0.4, 0.5) is 0 Å². The van der Waals surface area contributed by atoms with Crippen LogP contribution in [-0.2, 0) is 23.8 Å². The van der Waals surface area contributed by atoms with Crippen LogP contribution in [0.25, 0.3) is 0 Å². The number of esters is 1. The standard InChI is InChI=1S/C9H12O5/c1-12-8(11)6-7(10)2-3-9-13-4-5-14-9/h3H,2,4-6H2,1H3. The van der Waals surface area contributed by atoms with Crippen molar-refractivity contribution in [2.45, 2.75) is 12.8 Å². The maximum absolute atomic E-state index is 11.1. The Morgan fingerprint density at radius 3 is 2.64 bits per heavy atom. The topological polar surface area (TPSA) is 61.8 Å². The number of hydrogen-bond acceptors (Lipinski definition) is 5. The van der Waals surface area contributed by atoms with E-state index >= 15 is 0 Å². The maximum Gasteiger partial charge on any atom is 0.313 e. The Morgan fingerprint density at radius 2 is 2.07 bits per heavy atom. The molecule has 0 aliphatic carbocycles. The van der Waals surface area contributed by atoms with Gasteiger partial charge in [-0.3, -0.25) is 9.59 Å². The number of methoxy groups -OCH3 is 1. The molecule has 1 aliphatic heterocycles. The van der Waals surface area contributed by atoms with Crippen LogP contribution in [0.5, 0.6) is 0 Å². The van der Waals surface area contributed by atoms with E-state index in [1.807, 2.05) is 0 Å². The van der Waals surface area contributed by atoms with E-state index in [-0.39, 0.29) is 18.6 Å². The minimum absolute atomic E-state index is 0.129. The van der Waals surface area contributed by atoms with E-state index in [1.165, 1.54) is 13.2 Å². The first-order valence-electron chi connectivity index (χ1n) is 4.26. The first-order valence-corrected chi connectivity index (χ1v) is 4.26. The first kappa shape index (κ1) is 10.6. The number of rotatable bonds is 4. The molecule has 5 nitrogen and oxygen atoms in total. The summed E-state index contributed by atoms with van der Waals surface area (Å²) >= 11 is 0. The lowest BCUT2D eigenvalue weighted by Crippen LogP contribution is -2.08. The predicted molar refractivity (Wildman–Crippen MR) is 46.2 cm³/mol. The fourth-order valence-electron chi connectivity index (χ4n) is 0.947. The van der Waals surface area contributed by atoms with Crippen molar-refractivity contribution in [3.8, 4) is 0 Å². The molecular formula is C9H12O5. The van der Waals surface area contributed by atoms with Crippen LogP contribution < -0.4 is 0 Å². The molecule has 78 valence electrons. The van der Waals surface area contributed by atoms with Crippen molar-refractivity contribution in [1.82, 2.24) is 0 Å². The molecule has 1 fully saturated rings. The van der Waals surface area contributed by atoms with Crippen LogP contribution in [0.15, 0.2) is 12.0 Å². The average Bonchev–Trinajstić information content (AvgIpc) is 2.67. The van der Waals surface area contributed by atoms with Gasteiger partial charge in [-0.25, -0.2) is 0 Å². The van der Waals surface area contributed by atoms with Gasteiger partial charge in [0.05, 0.1) is 7.11 Å². The molecule has 1 saturated heterocycles. The highest BCUT2D eigenvalue weighted by Crippen LogP contribution is 2.09. The molecule has 1 aliphatic rings. The van der Waals surface area contributed by atoms with Crippen molar-refractivity contribution in [3.63, 3.8) is 0 Å². The lowest BCUT2D eigenvalue weighted by Gasteiger charge is -1.97. The van der Waals surface area contributed by atoms with Crippen LogP contribution in [0, 0.1) is 0 Å². The van der Waals surface area contributed by atoms with Gasteiger partial charge >= 0.3 is 5.97 Å². The number of allylic oxidation sites excluding steroid dienone is 1. The van der Waals surface area contributed by atoms with Crippen LogP contribution in [-0.4, -0.2) is 32.1 Å². The Balaban J connectivity index is 2.26. The number of carbonyl (C=O) groups excluding carboxylic acids is 2. The molecule has 1 heterocycles. The molecule has 0 aromatic carbocycles. The van der Waals surface area contributed by atoms with Gasteiger partial charge in [-0.15, -0.1) is 0 Å². The quantitative estimate of drug-likeness (QED) is 0.485. The van der Waals surface area contributed by atoms with Gasteiger partial charge < -0.3 is 14.2 Å². The molecule has 14 heavy (non-hydrogen) atoms. The van der Waals surface area contributed by atoms with Crippen molar-refractivity contribution in [1.29, 1.82) is 0 Å². The third-order valence-electron chi connectivity index (χ3n) is 1.64. The second kappa shape index (κ2) is 5.26. The van der Waals surface area contributed by atoms with Gasteiger partial charge in [0.15, 0.2) is 0 Å². The molecule has 0 bridgehead atoms. The number of carbonyl (C=O) groups is 2. The van der Waals surface area contributed by atoms with Gasteiger partial charge in [0, 0.05) is 12.5 Å². The average molecular weight is 200 g/mol. The SMILES string of the molecule is COC(=O)CC(=O)CC=C1OCCO1. The van der Waals surface area contributed by atoms with Gasteiger partial charge in [-0.05, 0) is 0 Å². The van der Waals surface area contributed by atoms with E-state index in [0.717, 1.165) is 0 Å². The lowest BCUT2D eigenvalue weighted by atomic mass is 10.2. The summed E-state index contributed by atoms with van der Waals surface area (Å²) in [4.78, 5) is 21.8. The monoisotopic (exact) mass is 200 g/mol. The lowest BCUT2D eigenvalue weighted by molar-refractivity contribution is -0.143. The summed E-state index contributed by atoms with van der Waals surface area (Å²) < 4.78 is 14.4. The summed E-state index contributed by atoms with van der Waals surface area (Å²) in [5.41, 5.74) is 0. The van der Waals surface area contributed by atoms with Crippen molar-refractivity contribution in [2.24, 2.45) is 0 Å². The summed E-state index contributed by atoms with van der Waals surface area (Å²) in [7, 11) is 1.25. The molecule has 0 radical (unpaired) electrons. The molecule has 0 atom stereocenters. The van der Waals surface area contributed by atoms with E-state index in [4.69, 9.17) is 9.47 Å². The summed E-state index contributed by atoms with van der Waals surface area (Å²) in [5.74, 6) is -0.381. The number of ketones is 1. The Kier molecular flexibility index (Phi) is 3.97. The Bertz CT molecular complexity index is 248. The second-order valence-electron chi connectivity index (χ2n) is 2.72. The fourth-order valence-corrected chi connectivity index (χ4v) is 0.947. The van der Waals surface area contributed by atoms with Gasteiger partial charge in [-0.1, -0.05) is 0 Å². The van der Waals surface area contributed by atoms with Crippen LogP contribution in [0.2, 0.25) is 0 Å². The van der Waals surface area contributed by atoms with E-state index in [0.29, 0.717) is 19.2 Å². The molecule has 0 unspecified atom stereocenters. The second-order valence-corrected chi connectivity index (χ2v) is 2.72. The minimum atomic E-state index is -0.526. The number of hydrogen-bond donors (Lipinski definition) is 0. The normalized spacial score (nSPS) is 14.2. The molecule has 0 N–H and O–H groups in total. The fraction of sp³-hybridized carbons (Fsp3) is 0.556. The minimum Gasteiger partial charge on any atom is -0.469 e. The Labute approximate surface area is 81.6 Å². The zero-order valence-corrected chi connectivity index (χ0v) is 7.95. The first-order chi connectivity index (χ1) is 6.72. The zero-order chi connectivity index (χ0) is 10.4. The van der Waals surface area contributed by atoms with Gasteiger partial charge in [0.1, 0.15) is 25.4 Å². The summed E-state index contributed by atoms with van der Waals surface area (Å²) in [6.45, 7) is 1.02. The summed E-state index contributed by atoms with van der Waals surface area (Å²) in [6.07, 6.45) is 1.45.